The van der Waals surface area contributed by atoms with E-state index in [2.05, 4.69) is 6.07 Å². The first-order chi connectivity index (χ1) is 9.13. The van der Waals surface area contributed by atoms with Gasteiger partial charge < -0.3 is 9.84 Å². The van der Waals surface area contributed by atoms with E-state index in [1.54, 1.807) is 0 Å². The molecule has 2 aromatic carbocycles. The van der Waals surface area contributed by atoms with Crippen molar-refractivity contribution in [3.63, 3.8) is 0 Å². The quantitative estimate of drug-likeness (QED) is 0.902. The van der Waals surface area contributed by atoms with Crippen molar-refractivity contribution in [1.29, 1.82) is 0 Å². The molecule has 1 unspecified atom stereocenters. The summed E-state index contributed by atoms with van der Waals surface area (Å²) < 4.78 is 5.59. The maximum Gasteiger partial charge on any atom is 0.125 e. The second-order valence-corrected chi connectivity index (χ2v) is 4.73. The molecule has 0 bridgehead atoms. The molecule has 0 heterocycles. The van der Waals surface area contributed by atoms with Gasteiger partial charge in [0.15, 0.2) is 0 Å². The molecular weight excluding hydrogens is 236 g/mol. The minimum atomic E-state index is -0.650. The lowest BCUT2D eigenvalue weighted by Crippen LogP contribution is -2.05. The van der Waals surface area contributed by atoms with E-state index in [-0.39, 0.29) is 0 Å². The summed E-state index contributed by atoms with van der Waals surface area (Å²) in [5.41, 5.74) is 3.99. The van der Waals surface area contributed by atoms with E-state index in [1.807, 2.05) is 57.2 Å². The third-order valence-corrected chi connectivity index (χ3v) is 3.24. The molecule has 0 spiro atoms. The number of aliphatic hydroxyl groups excluding tert-OH is 1. The Bertz CT molecular complexity index is 561. The molecule has 0 aliphatic carbocycles. The van der Waals surface area contributed by atoms with Crippen LogP contribution >= 0.6 is 0 Å². The van der Waals surface area contributed by atoms with E-state index in [0.717, 1.165) is 28.0 Å². The number of ether oxygens (including phenoxy) is 1. The first-order valence-electron chi connectivity index (χ1n) is 6.60. The fourth-order valence-corrected chi connectivity index (χ4v) is 2.22. The molecule has 100 valence electrons. The van der Waals surface area contributed by atoms with Gasteiger partial charge >= 0.3 is 0 Å². The Morgan fingerprint density at radius 2 is 1.79 bits per heavy atom. The second-order valence-electron chi connectivity index (χ2n) is 4.73. The van der Waals surface area contributed by atoms with Gasteiger partial charge in [0.2, 0.25) is 0 Å². The molecule has 0 aromatic heterocycles. The Morgan fingerprint density at radius 1 is 1.05 bits per heavy atom. The van der Waals surface area contributed by atoms with Crippen LogP contribution < -0.4 is 4.74 Å². The summed E-state index contributed by atoms with van der Waals surface area (Å²) in [4.78, 5) is 0. The van der Waals surface area contributed by atoms with Crippen LogP contribution in [-0.4, -0.2) is 11.7 Å². The molecule has 1 atom stereocenters. The van der Waals surface area contributed by atoms with E-state index in [0.29, 0.717) is 6.61 Å². The predicted molar refractivity (Wildman–Crippen MR) is 77.6 cm³/mol. The number of rotatable bonds is 4. The standard InChI is InChI=1S/C17H20O2/c1-4-19-16-8-6-5-7-14(16)17(18)15-11-12(2)9-10-13(15)3/h5-11,17-18H,4H2,1-3H3. The summed E-state index contributed by atoms with van der Waals surface area (Å²) in [7, 11) is 0. The SMILES string of the molecule is CCOc1ccccc1C(O)c1cc(C)ccc1C. The molecule has 0 aliphatic heterocycles. The molecule has 19 heavy (non-hydrogen) atoms. The number of para-hydroxylation sites is 1. The van der Waals surface area contributed by atoms with Crippen LogP contribution in [0.5, 0.6) is 5.75 Å². The highest BCUT2D eigenvalue weighted by Gasteiger charge is 2.17. The largest absolute Gasteiger partial charge is 0.493 e. The third kappa shape index (κ3) is 2.96. The van der Waals surface area contributed by atoms with E-state index >= 15 is 0 Å². The van der Waals surface area contributed by atoms with E-state index in [9.17, 15) is 5.11 Å². The van der Waals surface area contributed by atoms with Crippen LogP contribution in [0, 0.1) is 13.8 Å². The van der Waals surface area contributed by atoms with Gasteiger partial charge in [-0.3, -0.25) is 0 Å². The number of hydrogen-bond acceptors (Lipinski definition) is 2. The van der Waals surface area contributed by atoms with Crippen molar-refractivity contribution in [1.82, 2.24) is 0 Å². The Hall–Kier alpha value is -1.80. The monoisotopic (exact) mass is 256 g/mol. The topological polar surface area (TPSA) is 29.5 Å². The summed E-state index contributed by atoms with van der Waals surface area (Å²) in [5.74, 6) is 0.749. The molecule has 0 saturated carbocycles. The van der Waals surface area contributed by atoms with Crippen LogP contribution in [0.3, 0.4) is 0 Å². The van der Waals surface area contributed by atoms with Gasteiger partial charge in [-0.15, -0.1) is 0 Å². The lowest BCUT2D eigenvalue weighted by Gasteiger charge is -2.18. The van der Waals surface area contributed by atoms with Gasteiger partial charge in [-0.05, 0) is 38.0 Å². The van der Waals surface area contributed by atoms with Gasteiger partial charge in [0, 0.05) is 5.56 Å². The smallest absolute Gasteiger partial charge is 0.125 e. The van der Waals surface area contributed by atoms with Crippen molar-refractivity contribution in [2.75, 3.05) is 6.61 Å². The summed E-state index contributed by atoms with van der Waals surface area (Å²) in [6, 6.07) is 13.8. The van der Waals surface area contributed by atoms with Crippen molar-refractivity contribution in [3.05, 3.63) is 64.7 Å². The van der Waals surface area contributed by atoms with Crippen LogP contribution in [0.1, 0.15) is 35.3 Å². The lowest BCUT2D eigenvalue weighted by molar-refractivity contribution is 0.211. The Morgan fingerprint density at radius 3 is 2.53 bits per heavy atom. The van der Waals surface area contributed by atoms with E-state index in [4.69, 9.17) is 4.74 Å². The third-order valence-electron chi connectivity index (χ3n) is 3.24. The van der Waals surface area contributed by atoms with Crippen molar-refractivity contribution in [2.24, 2.45) is 0 Å². The van der Waals surface area contributed by atoms with Crippen molar-refractivity contribution in [3.8, 4) is 5.75 Å². The molecule has 0 aliphatic rings. The zero-order valence-electron chi connectivity index (χ0n) is 11.7. The van der Waals surface area contributed by atoms with Gasteiger partial charge in [-0.1, -0.05) is 42.0 Å². The normalized spacial score (nSPS) is 12.2. The van der Waals surface area contributed by atoms with Crippen molar-refractivity contribution in [2.45, 2.75) is 26.9 Å². The van der Waals surface area contributed by atoms with Gasteiger partial charge in [-0.25, -0.2) is 0 Å². The molecule has 2 aromatic rings. The number of aliphatic hydroxyl groups is 1. The van der Waals surface area contributed by atoms with Crippen LogP contribution in [0.4, 0.5) is 0 Å². The Labute approximate surface area is 114 Å². The van der Waals surface area contributed by atoms with Crippen LogP contribution in [0.15, 0.2) is 42.5 Å². The Kier molecular flexibility index (Phi) is 4.23. The maximum atomic E-state index is 10.6. The molecule has 2 rings (SSSR count). The van der Waals surface area contributed by atoms with Gasteiger partial charge in [0.1, 0.15) is 11.9 Å². The van der Waals surface area contributed by atoms with Gasteiger partial charge in [0.05, 0.1) is 6.61 Å². The number of benzene rings is 2. The molecule has 0 saturated heterocycles. The summed E-state index contributed by atoms with van der Waals surface area (Å²) >= 11 is 0. The highest BCUT2D eigenvalue weighted by atomic mass is 16.5. The van der Waals surface area contributed by atoms with Crippen LogP contribution in [0.2, 0.25) is 0 Å². The summed E-state index contributed by atoms with van der Waals surface area (Å²) in [6.45, 7) is 6.59. The minimum absolute atomic E-state index is 0.594. The zero-order chi connectivity index (χ0) is 13.8. The fourth-order valence-electron chi connectivity index (χ4n) is 2.22. The van der Waals surface area contributed by atoms with Gasteiger partial charge in [0.25, 0.3) is 0 Å². The summed E-state index contributed by atoms with van der Waals surface area (Å²) in [6.07, 6.45) is -0.650. The Balaban J connectivity index is 2.43. The molecule has 0 radical (unpaired) electrons. The van der Waals surface area contributed by atoms with Crippen LogP contribution in [0.25, 0.3) is 0 Å². The molecular formula is C17H20O2. The highest BCUT2D eigenvalue weighted by molar-refractivity contribution is 5.43. The minimum Gasteiger partial charge on any atom is -0.493 e. The van der Waals surface area contributed by atoms with Crippen molar-refractivity contribution < 1.29 is 9.84 Å². The predicted octanol–water partition coefficient (Wildman–Crippen LogP) is 3.78. The number of hydrogen-bond donors (Lipinski definition) is 1. The highest BCUT2D eigenvalue weighted by Crippen LogP contribution is 2.31. The second kappa shape index (κ2) is 5.89. The van der Waals surface area contributed by atoms with Crippen molar-refractivity contribution >= 4 is 0 Å². The zero-order valence-corrected chi connectivity index (χ0v) is 11.7. The molecule has 2 nitrogen and oxygen atoms in total. The van der Waals surface area contributed by atoms with E-state index < -0.39 is 6.10 Å². The lowest BCUT2D eigenvalue weighted by atomic mass is 9.95. The number of aryl methyl sites for hydroxylation is 2. The van der Waals surface area contributed by atoms with Gasteiger partial charge in [-0.2, -0.15) is 0 Å². The average Bonchev–Trinajstić information content (AvgIpc) is 2.42. The first-order valence-corrected chi connectivity index (χ1v) is 6.60. The molecule has 0 amide bonds. The van der Waals surface area contributed by atoms with E-state index in [1.165, 1.54) is 0 Å². The average molecular weight is 256 g/mol. The first kappa shape index (κ1) is 13.6. The molecule has 1 N–H and O–H groups in total. The fraction of sp³-hybridized carbons (Fsp3) is 0.294. The summed E-state index contributed by atoms with van der Waals surface area (Å²) in [5, 5.41) is 10.6. The molecule has 2 heteroatoms. The van der Waals surface area contributed by atoms with Crippen LogP contribution in [-0.2, 0) is 0 Å². The molecule has 0 fully saturated rings. The maximum absolute atomic E-state index is 10.6.